The molecule has 1 aliphatic rings. The summed E-state index contributed by atoms with van der Waals surface area (Å²) in [6.07, 6.45) is -0.324. The van der Waals surface area contributed by atoms with E-state index in [0.717, 1.165) is 22.6 Å². The van der Waals surface area contributed by atoms with Crippen LogP contribution in [0.2, 0.25) is 5.02 Å². The molecule has 3 amide bonds. The minimum Gasteiger partial charge on any atom is -0.491 e. The highest BCUT2D eigenvalue weighted by atomic mass is 35.5. The van der Waals surface area contributed by atoms with Gasteiger partial charge in [-0.3, -0.25) is 5.32 Å². The lowest BCUT2D eigenvalue weighted by atomic mass is 10.1. The van der Waals surface area contributed by atoms with Gasteiger partial charge < -0.3 is 25.0 Å². The minimum atomic E-state index is -0.564. The molecule has 2 aromatic carbocycles. The van der Waals surface area contributed by atoms with Crippen LogP contribution in [0.4, 0.5) is 15.3 Å². The van der Waals surface area contributed by atoms with Gasteiger partial charge in [0.2, 0.25) is 5.96 Å². The second-order valence-electron chi connectivity index (χ2n) is 10.2. The number of carbonyl (C=O) groups is 2. The lowest BCUT2D eigenvalue weighted by Crippen LogP contribution is -2.63. The number of aliphatic imine (C=N–C) groups is 1. The first-order valence-corrected chi connectivity index (χ1v) is 12.6. The van der Waals surface area contributed by atoms with E-state index >= 15 is 0 Å². The highest BCUT2D eigenvalue weighted by Crippen LogP contribution is 2.23. The molecule has 200 valence electrons. The molecule has 2 aromatic rings. The quantitative estimate of drug-likeness (QED) is 0.347. The SMILES string of the molecule is Cc1cc(NC(=NCc2ccc(Cl)cc2)NC(=O)NC2CN(C(=O)OC(C)(C)C)C2)ccc1OC(C)C. The van der Waals surface area contributed by atoms with Crippen molar-refractivity contribution in [3.05, 3.63) is 58.6 Å². The molecule has 9 nitrogen and oxygen atoms in total. The molecule has 1 fully saturated rings. The van der Waals surface area contributed by atoms with E-state index < -0.39 is 17.7 Å². The lowest BCUT2D eigenvalue weighted by molar-refractivity contribution is 0.00637. The molecule has 1 saturated heterocycles. The maximum atomic E-state index is 12.7. The average Bonchev–Trinajstić information content (AvgIpc) is 2.75. The van der Waals surface area contributed by atoms with Gasteiger partial charge in [-0.25, -0.2) is 14.6 Å². The number of aryl methyl sites for hydroxylation is 1. The number of carbonyl (C=O) groups excluding carboxylic acids is 2. The van der Waals surface area contributed by atoms with Gasteiger partial charge in [0.05, 0.1) is 18.7 Å². The van der Waals surface area contributed by atoms with Crippen molar-refractivity contribution in [3.8, 4) is 5.75 Å². The number of nitrogens with one attached hydrogen (secondary N) is 3. The Balaban J connectivity index is 1.63. The van der Waals surface area contributed by atoms with Gasteiger partial charge >= 0.3 is 12.1 Å². The summed E-state index contributed by atoms with van der Waals surface area (Å²) in [6.45, 7) is 12.5. The summed E-state index contributed by atoms with van der Waals surface area (Å²) in [5, 5.41) is 9.49. The van der Waals surface area contributed by atoms with Crippen LogP contribution < -0.4 is 20.7 Å². The zero-order valence-corrected chi connectivity index (χ0v) is 23.0. The fourth-order valence-corrected chi connectivity index (χ4v) is 3.62. The maximum Gasteiger partial charge on any atom is 0.410 e. The topological polar surface area (TPSA) is 104 Å². The molecule has 0 bridgehead atoms. The monoisotopic (exact) mass is 529 g/mol. The van der Waals surface area contributed by atoms with Gasteiger partial charge in [-0.05, 0) is 83.0 Å². The molecule has 0 unspecified atom stereocenters. The van der Waals surface area contributed by atoms with Crippen molar-refractivity contribution in [2.45, 2.75) is 65.8 Å². The first kappa shape index (κ1) is 28.1. The van der Waals surface area contributed by atoms with Gasteiger partial charge in [-0.15, -0.1) is 0 Å². The van der Waals surface area contributed by atoms with Crippen LogP contribution in [0.5, 0.6) is 5.75 Å². The summed E-state index contributed by atoms with van der Waals surface area (Å²) in [4.78, 5) is 31.0. The molecule has 10 heteroatoms. The van der Waals surface area contributed by atoms with Crippen molar-refractivity contribution in [1.29, 1.82) is 0 Å². The van der Waals surface area contributed by atoms with Crippen LogP contribution in [0.15, 0.2) is 47.5 Å². The van der Waals surface area contributed by atoms with Crippen molar-refractivity contribution in [2.24, 2.45) is 4.99 Å². The maximum absolute atomic E-state index is 12.7. The molecule has 3 N–H and O–H groups in total. The second-order valence-corrected chi connectivity index (χ2v) is 10.7. The van der Waals surface area contributed by atoms with Crippen LogP contribution in [-0.2, 0) is 11.3 Å². The Morgan fingerprint density at radius 1 is 1.14 bits per heavy atom. The fraction of sp³-hybridized carbons (Fsp3) is 0.444. The number of urea groups is 1. The lowest BCUT2D eigenvalue weighted by Gasteiger charge is -2.39. The number of amides is 3. The minimum absolute atomic E-state index is 0.0668. The molecule has 1 heterocycles. The van der Waals surface area contributed by atoms with E-state index in [4.69, 9.17) is 21.1 Å². The van der Waals surface area contributed by atoms with Gasteiger partial charge in [-0.1, -0.05) is 23.7 Å². The van der Waals surface area contributed by atoms with Gasteiger partial charge in [0, 0.05) is 23.8 Å². The Morgan fingerprint density at radius 2 is 1.81 bits per heavy atom. The van der Waals surface area contributed by atoms with E-state index in [-0.39, 0.29) is 18.1 Å². The molecule has 1 aliphatic heterocycles. The molecule has 0 aliphatic carbocycles. The highest BCUT2D eigenvalue weighted by Gasteiger charge is 2.34. The normalized spacial score (nSPS) is 14.2. The number of guanidine groups is 1. The summed E-state index contributed by atoms with van der Waals surface area (Å²) in [5.74, 6) is 1.08. The average molecular weight is 530 g/mol. The zero-order valence-electron chi connectivity index (χ0n) is 22.2. The second kappa shape index (κ2) is 12.2. The first-order chi connectivity index (χ1) is 17.4. The number of hydrogen-bond donors (Lipinski definition) is 3. The molecule has 0 saturated carbocycles. The van der Waals surface area contributed by atoms with Crippen LogP contribution in [0, 0.1) is 6.92 Å². The number of benzene rings is 2. The Hall–Kier alpha value is -3.46. The molecular weight excluding hydrogens is 494 g/mol. The van der Waals surface area contributed by atoms with Crippen molar-refractivity contribution < 1.29 is 19.1 Å². The third-order valence-electron chi connectivity index (χ3n) is 5.23. The third kappa shape index (κ3) is 9.17. The molecule has 0 atom stereocenters. The summed E-state index contributed by atoms with van der Waals surface area (Å²) >= 11 is 5.98. The number of halogens is 1. The van der Waals surface area contributed by atoms with Crippen LogP contribution in [-0.4, -0.2) is 53.8 Å². The Morgan fingerprint density at radius 3 is 2.41 bits per heavy atom. The van der Waals surface area contributed by atoms with Crippen LogP contribution in [0.3, 0.4) is 0 Å². The van der Waals surface area contributed by atoms with Gasteiger partial charge in [0.1, 0.15) is 11.4 Å². The Kier molecular flexibility index (Phi) is 9.26. The van der Waals surface area contributed by atoms with Crippen molar-refractivity contribution >= 4 is 35.4 Å². The highest BCUT2D eigenvalue weighted by molar-refractivity contribution is 6.30. The predicted octanol–water partition coefficient (Wildman–Crippen LogP) is 5.32. The van der Waals surface area contributed by atoms with Crippen molar-refractivity contribution in [1.82, 2.24) is 15.5 Å². The standard InChI is InChI=1S/C27H36ClN5O4/c1-17(2)36-23-12-11-21(13-18(23)3)30-24(29-14-19-7-9-20(28)10-8-19)32-25(34)31-22-15-33(16-22)26(35)37-27(4,5)6/h7-13,17,22H,14-16H2,1-6H3,(H3,29,30,31,32,34). The summed E-state index contributed by atoms with van der Waals surface area (Å²) in [7, 11) is 0. The van der Waals surface area contributed by atoms with E-state index in [2.05, 4.69) is 20.9 Å². The van der Waals surface area contributed by atoms with Crippen molar-refractivity contribution in [3.63, 3.8) is 0 Å². The number of anilines is 1. The van der Waals surface area contributed by atoms with Crippen LogP contribution in [0.25, 0.3) is 0 Å². The van der Waals surface area contributed by atoms with E-state index in [1.807, 2.05) is 71.9 Å². The van der Waals surface area contributed by atoms with Gasteiger partial charge in [0.15, 0.2) is 0 Å². The predicted molar refractivity (Wildman–Crippen MR) is 146 cm³/mol. The van der Waals surface area contributed by atoms with Crippen LogP contribution >= 0.6 is 11.6 Å². The van der Waals surface area contributed by atoms with E-state index in [1.165, 1.54) is 0 Å². The Labute approximate surface area is 223 Å². The Bertz CT molecular complexity index is 1120. The van der Waals surface area contributed by atoms with E-state index in [1.54, 1.807) is 17.0 Å². The number of rotatable bonds is 6. The first-order valence-electron chi connectivity index (χ1n) is 12.3. The zero-order chi connectivity index (χ0) is 27.2. The van der Waals surface area contributed by atoms with Crippen LogP contribution in [0.1, 0.15) is 45.7 Å². The number of likely N-dealkylation sites (tertiary alicyclic amines) is 1. The number of ether oxygens (including phenoxy) is 2. The summed E-state index contributed by atoms with van der Waals surface area (Å²) in [5.41, 5.74) is 2.08. The molecular formula is C27H36ClN5O4. The smallest absolute Gasteiger partial charge is 0.410 e. The van der Waals surface area contributed by atoms with E-state index in [0.29, 0.717) is 24.7 Å². The number of hydrogen-bond acceptors (Lipinski definition) is 5. The largest absolute Gasteiger partial charge is 0.491 e. The van der Waals surface area contributed by atoms with E-state index in [9.17, 15) is 9.59 Å². The summed E-state index contributed by atoms with van der Waals surface area (Å²) < 4.78 is 11.2. The van der Waals surface area contributed by atoms with Gasteiger partial charge in [0.25, 0.3) is 0 Å². The fourth-order valence-electron chi connectivity index (χ4n) is 3.49. The molecule has 3 rings (SSSR count). The van der Waals surface area contributed by atoms with Crippen molar-refractivity contribution in [2.75, 3.05) is 18.4 Å². The molecule has 0 aromatic heterocycles. The molecule has 0 spiro atoms. The number of nitrogens with zero attached hydrogens (tertiary/aromatic N) is 2. The molecule has 37 heavy (non-hydrogen) atoms. The third-order valence-corrected chi connectivity index (χ3v) is 5.49. The molecule has 0 radical (unpaired) electrons. The van der Waals surface area contributed by atoms with Gasteiger partial charge in [-0.2, -0.15) is 0 Å². The summed E-state index contributed by atoms with van der Waals surface area (Å²) in [6, 6.07) is 12.4.